The van der Waals surface area contributed by atoms with Gasteiger partial charge in [0.2, 0.25) is 0 Å². The molecule has 2 saturated heterocycles. The third kappa shape index (κ3) is 1.95. The first kappa shape index (κ1) is 12.6. The van der Waals surface area contributed by atoms with E-state index in [4.69, 9.17) is 4.74 Å². The highest BCUT2D eigenvalue weighted by molar-refractivity contribution is 5.84. The Hall–Kier alpha value is -1.40. The van der Waals surface area contributed by atoms with Crippen LogP contribution in [0.1, 0.15) is 5.69 Å². The fourth-order valence-corrected chi connectivity index (χ4v) is 3.32. The van der Waals surface area contributed by atoms with Crippen molar-refractivity contribution in [2.24, 2.45) is 13.0 Å². The van der Waals surface area contributed by atoms with Crippen LogP contribution >= 0.6 is 0 Å². The van der Waals surface area contributed by atoms with E-state index in [-0.39, 0.29) is 24.0 Å². The van der Waals surface area contributed by atoms with E-state index in [2.05, 4.69) is 9.88 Å². The molecule has 2 aliphatic heterocycles. The van der Waals surface area contributed by atoms with Gasteiger partial charge in [0.15, 0.2) is 0 Å². The Morgan fingerprint density at radius 1 is 1.42 bits per heavy atom. The van der Waals surface area contributed by atoms with Gasteiger partial charge in [-0.2, -0.15) is 0 Å². The number of fused-ring (bicyclic) bond motifs is 1. The molecule has 2 fully saturated rings. The minimum atomic E-state index is -0.272. The average Bonchev–Trinajstić information content (AvgIpc) is 3.02. The monoisotopic (exact) mass is 264 g/mol. The molecule has 104 valence electrons. The maximum atomic E-state index is 12.0. The van der Waals surface area contributed by atoms with Gasteiger partial charge in [-0.3, -0.25) is 9.69 Å². The van der Waals surface area contributed by atoms with Crippen LogP contribution in [0.2, 0.25) is 0 Å². The molecule has 0 bridgehead atoms. The number of carbonyl (C=O) groups is 1. The van der Waals surface area contributed by atoms with E-state index in [1.807, 2.05) is 36.1 Å². The van der Waals surface area contributed by atoms with Crippen molar-refractivity contribution in [2.75, 3.05) is 27.2 Å². The molecule has 0 aromatic carbocycles. The number of nitrogens with zero attached hydrogens (tertiary/aromatic N) is 4. The maximum absolute atomic E-state index is 12.0. The molecule has 1 amide bonds. The van der Waals surface area contributed by atoms with Gasteiger partial charge in [0.1, 0.15) is 6.10 Å². The number of likely N-dealkylation sites (N-methyl/N-ethyl adjacent to an activating group) is 1. The number of amides is 1. The molecule has 0 spiro atoms. The Kier molecular flexibility index (Phi) is 3.06. The van der Waals surface area contributed by atoms with Crippen molar-refractivity contribution in [1.29, 1.82) is 0 Å². The Balaban J connectivity index is 1.71. The van der Waals surface area contributed by atoms with Crippen LogP contribution in [0.15, 0.2) is 12.5 Å². The highest BCUT2D eigenvalue weighted by Crippen LogP contribution is 2.33. The normalized spacial score (nSPS) is 31.2. The zero-order valence-corrected chi connectivity index (χ0v) is 11.6. The molecule has 19 heavy (non-hydrogen) atoms. The molecule has 2 aliphatic rings. The Morgan fingerprint density at radius 2 is 2.21 bits per heavy atom. The minimum absolute atomic E-state index is 0.123. The van der Waals surface area contributed by atoms with Crippen molar-refractivity contribution in [3.05, 3.63) is 18.2 Å². The van der Waals surface area contributed by atoms with Crippen molar-refractivity contribution in [3.8, 4) is 0 Å². The molecule has 1 aromatic rings. The lowest BCUT2D eigenvalue weighted by atomic mass is 10.0. The van der Waals surface area contributed by atoms with Crippen LogP contribution in [-0.4, -0.2) is 64.7 Å². The number of imidazole rings is 1. The molecule has 0 radical (unpaired) electrons. The van der Waals surface area contributed by atoms with E-state index >= 15 is 0 Å². The van der Waals surface area contributed by atoms with Crippen molar-refractivity contribution in [2.45, 2.75) is 18.7 Å². The zero-order chi connectivity index (χ0) is 13.6. The number of hydrogen-bond donors (Lipinski definition) is 0. The van der Waals surface area contributed by atoms with Gasteiger partial charge < -0.3 is 14.2 Å². The molecule has 0 N–H and O–H groups in total. The summed E-state index contributed by atoms with van der Waals surface area (Å²) in [5, 5.41) is 0. The minimum Gasteiger partial charge on any atom is -0.371 e. The molecule has 3 heterocycles. The number of likely N-dealkylation sites (tertiary alicyclic amines) is 2. The predicted octanol–water partition coefficient (Wildman–Crippen LogP) is -0.292. The lowest BCUT2D eigenvalue weighted by Gasteiger charge is -2.21. The van der Waals surface area contributed by atoms with E-state index in [0.717, 1.165) is 19.6 Å². The smallest absolute Gasteiger partial charge is 0.252 e. The second kappa shape index (κ2) is 4.61. The van der Waals surface area contributed by atoms with Crippen LogP contribution in [0.4, 0.5) is 0 Å². The van der Waals surface area contributed by atoms with E-state index in [1.165, 1.54) is 5.69 Å². The molecular formula is C13H20N4O2. The molecule has 1 aromatic heterocycles. The first-order valence-corrected chi connectivity index (χ1v) is 6.59. The second-order valence-electron chi connectivity index (χ2n) is 5.53. The second-order valence-corrected chi connectivity index (χ2v) is 5.53. The summed E-state index contributed by atoms with van der Waals surface area (Å²) in [5.41, 5.74) is 1.20. The summed E-state index contributed by atoms with van der Waals surface area (Å²) in [6.07, 6.45) is 3.45. The molecule has 3 rings (SSSR count). The van der Waals surface area contributed by atoms with Crippen LogP contribution in [0.25, 0.3) is 0 Å². The van der Waals surface area contributed by atoms with Gasteiger partial charge in [-0.25, -0.2) is 4.98 Å². The maximum Gasteiger partial charge on any atom is 0.252 e. The third-order valence-electron chi connectivity index (χ3n) is 4.44. The summed E-state index contributed by atoms with van der Waals surface area (Å²) >= 11 is 0. The van der Waals surface area contributed by atoms with Gasteiger partial charge in [-0.1, -0.05) is 0 Å². The van der Waals surface area contributed by atoms with Gasteiger partial charge in [0, 0.05) is 53.0 Å². The Labute approximate surface area is 113 Å². The standard InChI is InChI=1S/C13H20N4O2/c1-15-8-14-4-9(15)5-17-6-10-11(7-17)16(2)13(18)12(10)19-3/h4,8,10-12H,5-7H2,1-3H3/t10-,11+,12-/m0/s1. The predicted molar refractivity (Wildman–Crippen MR) is 69.3 cm³/mol. The number of ether oxygens (including phenoxy) is 1. The first-order chi connectivity index (χ1) is 9.11. The molecule has 0 saturated carbocycles. The molecule has 0 aliphatic carbocycles. The van der Waals surface area contributed by atoms with E-state index < -0.39 is 0 Å². The molecule has 6 heteroatoms. The summed E-state index contributed by atoms with van der Waals surface area (Å²) < 4.78 is 7.42. The van der Waals surface area contributed by atoms with Gasteiger partial charge in [0.05, 0.1) is 18.1 Å². The van der Waals surface area contributed by atoms with E-state index in [9.17, 15) is 4.79 Å². The van der Waals surface area contributed by atoms with E-state index in [0.29, 0.717) is 0 Å². The highest BCUT2D eigenvalue weighted by Gasteiger charge is 2.51. The first-order valence-electron chi connectivity index (χ1n) is 6.59. The van der Waals surface area contributed by atoms with Crippen LogP contribution in [0, 0.1) is 5.92 Å². The number of aromatic nitrogens is 2. The number of carbonyl (C=O) groups excluding carboxylic acids is 1. The molecular weight excluding hydrogens is 244 g/mol. The Bertz CT molecular complexity index is 487. The van der Waals surface area contributed by atoms with Crippen LogP contribution in [-0.2, 0) is 23.1 Å². The molecule has 0 unspecified atom stereocenters. The SMILES string of the molecule is CO[C@@H]1C(=O)N(C)[C@@H]2CN(Cc3cncn3C)C[C@H]12. The number of methoxy groups -OCH3 is 1. The topological polar surface area (TPSA) is 50.6 Å². The largest absolute Gasteiger partial charge is 0.371 e. The summed E-state index contributed by atoms with van der Waals surface area (Å²) in [6, 6.07) is 0.283. The Morgan fingerprint density at radius 3 is 2.84 bits per heavy atom. The van der Waals surface area contributed by atoms with Crippen molar-refractivity contribution >= 4 is 5.91 Å². The van der Waals surface area contributed by atoms with Crippen LogP contribution in [0.3, 0.4) is 0 Å². The summed E-state index contributed by atoms with van der Waals surface area (Å²) in [6.45, 7) is 2.70. The lowest BCUT2D eigenvalue weighted by Crippen LogP contribution is -2.36. The fraction of sp³-hybridized carbons (Fsp3) is 0.692. The van der Waals surface area contributed by atoms with Gasteiger partial charge in [-0.15, -0.1) is 0 Å². The fourth-order valence-electron chi connectivity index (χ4n) is 3.32. The lowest BCUT2D eigenvalue weighted by molar-refractivity contribution is -0.136. The zero-order valence-electron chi connectivity index (χ0n) is 11.6. The summed E-state index contributed by atoms with van der Waals surface area (Å²) in [7, 11) is 5.52. The average molecular weight is 264 g/mol. The highest BCUT2D eigenvalue weighted by atomic mass is 16.5. The van der Waals surface area contributed by atoms with Gasteiger partial charge >= 0.3 is 0 Å². The molecule has 3 atom stereocenters. The summed E-state index contributed by atoms with van der Waals surface area (Å²) in [5.74, 6) is 0.411. The van der Waals surface area contributed by atoms with Crippen LogP contribution < -0.4 is 0 Å². The van der Waals surface area contributed by atoms with Crippen LogP contribution in [0.5, 0.6) is 0 Å². The number of aryl methyl sites for hydroxylation is 1. The number of rotatable bonds is 3. The summed E-state index contributed by atoms with van der Waals surface area (Å²) in [4.78, 5) is 20.4. The van der Waals surface area contributed by atoms with Gasteiger partial charge in [0.25, 0.3) is 5.91 Å². The molecule has 6 nitrogen and oxygen atoms in total. The van der Waals surface area contributed by atoms with Crippen molar-refractivity contribution in [3.63, 3.8) is 0 Å². The van der Waals surface area contributed by atoms with E-state index in [1.54, 1.807) is 7.11 Å². The van der Waals surface area contributed by atoms with Gasteiger partial charge in [-0.05, 0) is 0 Å². The quantitative estimate of drug-likeness (QED) is 0.752. The van der Waals surface area contributed by atoms with Crippen molar-refractivity contribution in [1.82, 2.24) is 19.4 Å². The third-order valence-corrected chi connectivity index (χ3v) is 4.44. The van der Waals surface area contributed by atoms with Crippen molar-refractivity contribution < 1.29 is 9.53 Å². The number of hydrogen-bond acceptors (Lipinski definition) is 4.